The zero-order valence-electron chi connectivity index (χ0n) is 20.1. The van der Waals surface area contributed by atoms with E-state index in [4.69, 9.17) is 5.73 Å². The Labute approximate surface area is 211 Å². The van der Waals surface area contributed by atoms with Crippen LogP contribution in [0.2, 0.25) is 0 Å². The normalized spacial score (nSPS) is 35.5. The summed E-state index contributed by atoms with van der Waals surface area (Å²) >= 11 is 0. The number of benzene rings is 1. The van der Waals surface area contributed by atoms with E-state index in [-0.39, 0.29) is 28.6 Å². The Morgan fingerprint density at radius 3 is 2.35 bits per heavy atom. The number of carbonyl (C=O) groups excluding carboxylic acids is 6. The fourth-order valence-corrected chi connectivity index (χ4v) is 6.97. The number of phenolic OH excluding ortho intramolecular Hbond substituents is 1. The SMILES string of the molecule is CC1c2c(NC(=O)C3CCCC3)ccc(O)c2C(=O)C2C(=O)[C@]3(O)C(=O)C(C(N)=O)C(=O)C[C@@H]3[C@@H](O)[C@@H]21. The summed E-state index contributed by atoms with van der Waals surface area (Å²) in [6.07, 6.45) is 0.988. The number of fused-ring (bicyclic) bond motifs is 3. The van der Waals surface area contributed by atoms with Crippen molar-refractivity contribution in [2.24, 2.45) is 35.3 Å². The van der Waals surface area contributed by atoms with Gasteiger partial charge in [-0.1, -0.05) is 19.8 Å². The lowest BCUT2D eigenvalue weighted by Crippen LogP contribution is -2.72. The molecular formula is C26H28N2O9. The smallest absolute Gasteiger partial charge is 0.235 e. The number of Topliss-reactive ketones (excluding diaryl/α,β-unsaturated/α-hetero) is 4. The fraction of sp³-hybridized carbons (Fsp3) is 0.538. The van der Waals surface area contributed by atoms with Crippen molar-refractivity contribution in [3.63, 3.8) is 0 Å². The van der Waals surface area contributed by atoms with Crippen molar-refractivity contribution in [1.29, 1.82) is 0 Å². The summed E-state index contributed by atoms with van der Waals surface area (Å²) in [5.41, 5.74) is 2.46. The van der Waals surface area contributed by atoms with Crippen LogP contribution in [0.5, 0.6) is 5.75 Å². The first-order chi connectivity index (χ1) is 17.4. The fourth-order valence-electron chi connectivity index (χ4n) is 6.97. The summed E-state index contributed by atoms with van der Waals surface area (Å²) in [6.45, 7) is 1.60. The number of aliphatic hydroxyl groups excluding tert-OH is 1. The van der Waals surface area contributed by atoms with Crippen molar-refractivity contribution in [1.82, 2.24) is 0 Å². The van der Waals surface area contributed by atoms with Crippen molar-refractivity contribution >= 4 is 40.6 Å². The molecule has 0 spiro atoms. The molecule has 3 fully saturated rings. The van der Waals surface area contributed by atoms with Gasteiger partial charge in [-0.2, -0.15) is 0 Å². The van der Waals surface area contributed by atoms with Crippen LogP contribution in [0.15, 0.2) is 12.1 Å². The van der Waals surface area contributed by atoms with Crippen LogP contribution in [-0.4, -0.2) is 62.0 Å². The van der Waals surface area contributed by atoms with Gasteiger partial charge in [-0.05, 0) is 36.5 Å². The zero-order chi connectivity index (χ0) is 27.0. The third kappa shape index (κ3) is 3.40. The maximum atomic E-state index is 13.7. The number of primary amides is 1. The number of nitrogens with two attached hydrogens (primary N) is 1. The molecule has 0 saturated heterocycles. The lowest BCUT2D eigenvalue weighted by atomic mass is 9.50. The maximum absolute atomic E-state index is 13.7. The van der Waals surface area contributed by atoms with E-state index < -0.39 is 82.5 Å². The highest BCUT2D eigenvalue weighted by Crippen LogP contribution is 2.55. The van der Waals surface area contributed by atoms with Gasteiger partial charge in [-0.15, -0.1) is 0 Å². The summed E-state index contributed by atoms with van der Waals surface area (Å²) in [5, 5.41) is 36.1. The standard InChI is InChI=1S/C26H28N2O9/c1-9-15-12(28-25(36)10-4-2-3-5-10)6-7-13(29)17(15)21(32)19-16(9)20(31)11-8-14(30)18(24(27)35)22(33)26(11,37)23(19)34/h6-7,9-11,16,18-20,29,31,37H,2-5,8H2,1H3,(H2,27,35)(H,28,36)/t9?,11-,16-,18?,19?,20-,26-/m1/s1. The van der Waals surface area contributed by atoms with Crippen LogP contribution in [0, 0.1) is 29.6 Å². The summed E-state index contributed by atoms with van der Waals surface area (Å²) in [4.78, 5) is 77.5. The molecule has 4 aliphatic carbocycles. The number of amides is 2. The largest absolute Gasteiger partial charge is 0.507 e. The number of aromatic hydroxyl groups is 1. The molecule has 2 amide bonds. The molecule has 11 heteroatoms. The molecule has 0 radical (unpaired) electrons. The Morgan fingerprint density at radius 1 is 1.08 bits per heavy atom. The van der Waals surface area contributed by atoms with Crippen molar-refractivity contribution in [2.75, 3.05) is 5.32 Å². The lowest BCUT2D eigenvalue weighted by Gasteiger charge is -2.53. The first-order valence-corrected chi connectivity index (χ1v) is 12.4. The molecule has 196 valence electrons. The third-order valence-corrected chi connectivity index (χ3v) is 8.82. The number of hydrogen-bond acceptors (Lipinski definition) is 9. The van der Waals surface area contributed by atoms with Gasteiger partial charge in [-0.25, -0.2) is 0 Å². The van der Waals surface area contributed by atoms with Gasteiger partial charge in [0.15, 0.2) is 34.7 Å². The highest BCUT2D eigenvalue weighted by Gasteiger charge is 2.70. The molecule has 0 aliphatic heterocycles. The minimum Gasteiger partial charge on any atom is -0.507 e. The third-order valence-electron chi connectivity index (χ3n) is 8.82. The number of aliphatic hydroxyl groups is 2. The van der Waals surface area contributed by atoms with Crippen LogP contribution in [-0.2, 0) is 24.0 Å². The zero-order valence-corrected chi connectivity index (χ0v) is 20.1. The van der Waals surface area contributed by atoms with E-state index >= 15 is 0 Å². The van der Waals surface area contributed by atoms with E-state index in [0.717, 1.165) is 25.7 Å². The van der Waals surface area contributed by atoms with Gasteiger partial charge in [0.05, 0.1) is 17.6 Å². The molecule has 1 aromatic rings. The predicted molar refractivity (Wildman–Crippen MR) is 125 cm³/mol. The average molecular weight is 513 g/mol. The molecule has 11 nitrogen and oxygen atoms in total. The van der Waals surface area contributed by atoms with Crippen LogP contribution < -0.4 is 11.1 Å². The van der Waals surface area contributed by atoms with Gasteiger partial charge in [0, 0.05) is 29.9 Å². The van der Waals surface area contributed by atoms with E-state index in [1.165, 1.54) is 12.1 Å². The second kappa shape index (κ2) is 8.56. The highest BCUT2D eigenvalue weighted by atomic mass is 16.3. The molecule has 1 aromatic carbocycles. The first-order valence-electron chi connectivity index (χ1n) is 12.4. The molecule has 4 aliphatic rings. The van der Waals surface area contributed by atoms with Gasteiger partial charge >= 0.3 is 0 Å². The first kappa shape index (κ1) is 25.2. The van der Waals surface area contributed by atoms with Crippen molar-refractivity contribution < 1.29 is 44.1 Å². The Bertz CT molecular complexity index is 1270. The summed E-state index contributed by atoms with van der Waals surface area (Å²) in [6, 6.07) is 2.66. The monoisotopic (exact) mass is 512 g/mol. The van der Waals surface area contributed by atoms with Gasteiger partial charge < -0.3 is 26.4 Å². The van der Waals surface area contributed by atoms with E-state index in [0.29, 0.717) is 0 Å². The number of ketones is 4. The molecule has 3 saturated carbocycles. The van der Waals surface area contributed by atoms with Crippen molar-refractivity contribution in [3.8, 4) is 5.75 Å². The minimum atomic E-state index is -2.97. The van der Waals surface area contributed by atoms with Crippen LogP contribution >= 0.6 is 0 Å². The molecule has 3 unspecified atom stereocenters. The molecule has 0 heterocycles. The number of hydrogen-bond donors (Lipinski definition) is 5. The summed E-state index contributed by atoms with van der Waals surface area (Å²) < 4.78 is 0. The van der Waals surface area contributed by atoms with E-state index in [9.17, 15) is 44.1 Å². The molecule has 37 heavy (non-hydrogen) atoms. The molecule has 7 atom stereocenters. The summed E-state index contributed by atoms with van der Waals surface area (Å²) in [7, 11) is 0. The number of rotatable bonds is 3. The number of anilines is 1. The van der Waals surface area contributed by atoms with E-state index in [1.54, 1.807) is 6.92 Å². The Kier molecular flexibility index (Phi) is 5.83. The van der Waals surface area contributed by atoms with Crippen molar-refractivity contribution in [2.45, 2.75) is 56.7 Å². The average Bonchev–Trinajstić information content (AvgIpc) is 3.38. The molecule has 5 rings (SSSR count). The topological polar surface area (TPSA) is 201 Å². The van der Waals surface area contributed by atoms with E-state index in [2.05, 4.69) is 5.32 Å². The van der Waals surface area contributed by atoms with E-state index in [1.807, 2.05) is 0 Å². The summed E-state index contributed by atoms with van der Waals surface area (Å²) in [5.74, 6) is -14.1. The molecule has 0 aromatic heterocycles. The molecule has 6 N–H and O–H groups in total. The number of phenols is 1. The molecular weight excluding hydrogens is 484 g/mol. The van der Waals surface area contributed by atoms with Gasteiger partial charge in [0.1, 0.15) is 5.75 Å². The second-order valence-electron chi connectivity index (χ2n) is 10.7. The van der Waals surface area contributed by atoms with Gasteiger partial charge in [0.25, 0.3) is 0 Å². The maximum Gasteiger partial charge on any atom is 0.235 e. The second-order valence-corrected chi connectivity index (χ2v) is 10.7. The van der Waals surface area contributed by atoms with Crippen LogP contribution in [0.3, 0.4) is 0 Å². The minimum absolute atomic E-state index is 0.193. The van der Waals surface area contributed by atoms with Gasteiger partial charge in [0.2, 0.25) is 11.8 Å². The Hall–Kier alpha value is -3.44. The number of nitrogens with one attached hydrogen (secondary N) is 1. The Morgan fingerprint density at radius 2 is 1.73 bits per heavy atom. The molecule has 0 bridgehead atoms. The highest BCUT2D eigenvalue weighted by molar-refractivity contribution is 6.31. The van der Waals surface area contributed by atoms with Crippen LogP contribution in [0.1, 0.15) is 60.9 Å². The quantitative estimate of drug-likeness (QED) is 0.273. The number of carbonyl (C=O) groups is 6. The van der Waals surface area contributed by atoms with Gasteiger partial charge in [-0.3, -0.25) is 28.8 Å². The Balaban J connectivity index is 1.60. The predicted octanol–water partition coefficient (Wildman–Crippen LogP) is -0.0126. The van der Waals surface area contributed by atoms with Crippen molar-refractivity contribution in [3.05, 3.63) is 23.3 Å². The lowest BCUT2D eigenvalue weighted by molar-refractivity contribution is -0.189. The van der Waals surface area contributed by atoms with Crippen LogP contribution in [0.4, 0.5) is 5.69 Å². The van der Waals surface area contributed by atoms with Crippen LogP contribution in [0.25, 0.3) is 0 Å².